The van der Waals surface area contributed by atoms with Crippen molar-refractivity contribution in [3.63, 3.8) is 0 Å². The van der Waals surface area contributed by atoms with E-state index in [0.29, 0.717) is 12.5 Å². The molecule has 1 atom stereocenters. The summed E-state index contributed by atoms with van der Waals surface area (Å²) in [6, 6.07) is 8.22. The third-order valence-corrected chi connectivity index (χ3v) is 6.79. The number of carbonyl (C=O) groups excluding carboxylic acids is 3. The van der Waals surface area contributed by atoms with Crippen LogP contribution in [0.25, 0.3) is 0 Å². The van der Waals surface area contributed by atoms with Gasteiger partial charge in [0.05, 0.1) is 19.1 Å². The van der Waals surface area contributed by atoms with Gasteiger partial charge in [0.2, 0.25) is 17.7 Å². The Kier molecular flexibility index (Phi) is 13.4. The smallest absolute Gasteiger partial charge is 0.240 e. The Hall–Kier alpha value is -2.41. The van der Waals surface area contributed by atoms with Crippen LogP contribution in [0.1, 0.15) is 76.3 Å². The maximum Gasteiger partial charge on any atom is 0.240 e. The van der Waals surface area contributed by atoms with E-state index in [9.17, 15) is 14.4 Å². The summed E-state index contributed by atoms with van der Waals surface area (Å²) >= 11 is 0. The van der Waals surface area contributed by atoms with Gasteiger partial charge >= 0.3 is 0 Å². The second-order valence-electron chi connectivity index (χ2n) is 9.77. The Morgan fingerprint density at radius 3 is 2.26 bits per heavy atom. The van der Waals surface area contributed by atoms with Crippen molar-refractivity contribution in [1.29, 1.82) is 0 Å². The van der Waals surface area contributed by atoms with Gasteiger partial charge in [-0.25, -0.2) is 0 Å². The molecule has 0 aromatic heterocycles. The average molecular weight is 487 g/mol. The number of hydrogen-bond acceptors (Lipinski definition) is 4. The zero-order chi connectivity index (χ0) is 25.5. The van der Waals surface area contributed by atoms with Crippen LogP contribution in [0, 0.1) is 5.92 Å². The fourth-order valence-corrected chi connectivity index (χ4v) is 4.87. The van der Waals surface area contributed by atoms with Crippen LogP contribution in [0.2, 0.25) is 0 Å². The van der Waals surface area contributed by atoms with Crippen molar-refractivity contribution < 1.29 is 14.4 Å². The first kappa shape index (κ1) is 28.8. The van der Waals surface area contributed by atoms with Gasteiger partial charge in [-0.1, -0.05) is 63.8 Å². The number of nitrogens with one attached hydrogen (secondary N) is 3. The third-order valence-electron chi connectivity index (χ3n) is 6.79. The van der Waals surface area contributed by atoms with Gasteiger partial charge in [-0.2, -0.15) is 0 Å². The van der Waals surface area contributed by atoms with Gasteiger partial charge in [0.15, 0.2) is 0 Å². The number of hydrogen-bond donors (Lipinski definition) is 3. The Morgan fingerprint density at radius 2 is 1.60 bits per heavy atom. The molecule has 0 radical (unpaired) electrons. The SMILES string of the molecule is CCCNC(C(=O)N(C)CC(=O)NCC(=O)NCCCc1ccccc1CCC)C1CCCCC1. The van der Waals surface area contributed by atoms with Crippen molar-refractivity contribution in [1.82, 2.24) is 20.9 Å². The van der Waals surface area contributed by atoms with Crippen LogP contribution < -0.4 is 16.0 Å². The van der Waals surface area contributed by atoms with Gasteiger partial charge in [-0.15, -0.1) is 0 Å². The molecule has 35 heavy (non-hydrogen) atoms. The van der Waals surface area contributed by atoms with Crippen LogP contribution in [-0.4, -0.2) is 61.9 Å². The Morgan fingerprint density at radius 1 is 0.914 bits per heavy atom. The minimum Gasteiger partial charge on any atom is -0.355 e. The van der Waals surface area contributed by atoms with Crippen molar-refractivity contribution in [3.05, 3.63) is 35.4 Å². The van der Waals surface area contributed by atoms with E-state index in [0.717, 1.165) is 64.3 Å². The molecule has 0 spiro atoms. The first-order valence-electron chi connectivity index (χ1n) is 13.5. The summed E-state index contributed by atoms with van der Waals surface area (Å²) < 4.78 is 0. The highest BCUT2D eigenvalue weighted by Gasteiger charge is 2.31. The molecule has 1 aliphatic carbocycles. The van der Waals surface area contributed by atoms with Crippen LogP contribution in [0.5, 0.6) is 0 Å². The number of aryl methyl sites for hydroxylation is 2. The molecule has 7 nitrogen and oxygen atoms in total. The molecule has 3 amide bonds. The highest BCUT2D eigenvalue weighted by Crippen LogP contribution is 2.27. The molecule has 7 heteroatoms. The predicted molar refractivity (Wildman–Crippen MR) is 141 cm³/mol. The highest BCUT2D eigenvalue weighted by atomic mass is 16.2. The lowest BCUT2D eigenvalue weighted by Crippen LogP contribution is -2.52. The lowest BCUT2D eigenvalue weighted by Gasteiger charge is -2.32. The second kappa shape index (κ2) is 16.3. The first-order valence-corrected chi connectivity index (χ1v) is 13.5. The second-order valence-corrected chi connectivity index (χ2v) is 9.77. The summed E-state index contributed by atoms with van der Waals surface area (Å²) in [5.41, 5.74) is 2.72. The molecular weight excluding hydrogens is 440 g/mol. The van der Waals surface area contributed by atoms with Crippen molar-refractivity contribution in [2.75, 3.05) is 33.2 Å². The van der Waals surface area contributed by atoms with E-state index in [1.54, 1.807) is 7.05 Å². The van der Waals surface area contributed by atoms with Gasteiger partial charge in [-0.3, -0.25) is 14.4 Å². The molecule has 0 aliphatic heterocycles. The molecule has 196 valence electrons. The predicted octanol–water partition coefficient (Wildman–Crippen LogP) is 3.21. The molecule has 1 saturated carbocycles. The van der Waals surface area contributed by atoms with Crippen LogP contribution in [0.15, 0.2) is 24.3 Å². The van der Waals surface area contributed by atoms with Crippen molar-refractivity contribution in [2.45, 2.75) is 84.1 Å². The van der Waals surface area contributed by atoms with Crippen molar-refractivity contribution >= 4 is 17.7 Å². The molecule has 1 fully saturated rings. The maximum atomic E-state index is 13.1. The van der Waals surface area contributed by atoms with E-state index in [-0.39, 0.29) is 36.9 Å². The molecule has 0 heterocycles. The quantitative estimate of drug-likeness (QED) is 0.332. The van der Waals surface area contributed by atoms with Gasteiger partial charge in [0.1, 0.15) is 0 Å². The molecule has 1 aromatic rings. The Bertz CT molecular complexity index is 792. The number of likely N-dealkylation sites (N-methyl/N-ethyl adjacent to an activating group) is 1. The minimum absolute atomic E-state index is 0.0340. The number of amides is 3. The summed E-state index contributed by atoms with van der Waals surface area (Å²) in [7, 11) is 1.67. The molecule has 1 unspecified atom stereocenters. The van der Waals surface area contributed by atoms with Crippen LogP contribution in [0.3, 0.4) is 0 Å². The third kappa shape index (κ3) is 10.4. The van der Waals surface area contributed by atoms with E-state index in [4.69, 9.17) is 0 Å². The summed E-state index contributed by atoms with van der Waals surface area (Å²) in [5, 5.41) is 8.93. The molecule has 1 aliphatic rings. The molecular formula is C28H46N4O3. The standard InChI is InChI=1S/C28H46N4O3/c1-4-12-22-13-9-10-14-23(22)17-11-19-29-25(33)20-31-26(34)21-32(3)28(35)27(30-18-5-2)24-15-7-6-8-16-24/h9-10,13-14,24,27,30H,4-8,11-12,15-21H2,1-3H3,(H,29,33)(H,31,34). The summed E-state index contributed by atoms with van der Waals surface area (Å²) in [6.45, 7) is 5.50. The monoisotopic (exact) mass is 486 g/mol. The maximum absolute atomic E-state index is 13.1. The van der Waals surface area contributed by atoms with Gasteiger partial charge in [-0.05, 0) is 62.1 Å². The highest BCUT2D eigenvalue weighted by molar-refractivity contribution is 5.89. The van der Waals surface area contributed by atoms with Crippen molar-refractivity contribution in [3.8, 4) is 0 Å². The summed E-state index contributed by atoms with van der Waals surface area (Å²) in [6.07, 6.45) is 10.6. The van der Waals surface area contributed by atoms with E-state index in [2.05, 4.69) is 54.1 Å². The van der Waals surface area contributed by atoms with Crippen LogP contribution in [0.4, 0.5) is 0 Å². The van der Waals surface area contributed by atoms with Crippen LogP contribution in [-0.2, 0) is 27.2 Å². The average Bonchev–Trinajstić information content (AvgIpc) is 2.87. The summed E-state index contributed by atoms with van der Waals surface area (Å²) in [4.78, 5) is 39.1. The lowest BCUT2D eigenvalue weighted by molar-refractivity contribution is -0.138. The van der Waals surface area contributed by atoms with E-state index < -0.39 is 0 Å². The van der Waals surface area contributed by atoms with Gasteiger partial charge in [0, 0.05) is 13.6 Å². The van der Waals surface area contributed by atoms with E-state index >= 15 is 0 Å². The van der Waals surface area contributed by atoms with E-state index in [1.807, 2.05) is 0 Å². The molecule has 0 bridgehead atoms. The number of carbonyl (C=O) groups is 3. The molecule has 1 aromatic carbocycles. The minimum atomic E-state index is -0.317. The Labute approximate surface area is 211 Å². The fraction of sp³-hybridized carbons (Fsp3) is 0.679. The van der Waals surface area contributed by atoms with E-state index in [1.165, 1.54) is 22.4 Å². The molecule has 0 saturated heterocycles. The lowest BCUT2D eigenvalue weighted by atomic mass is 9.83. The van der Waals surface area contributed by atoms with Gasteiger partial charge in [0.25, 0.3) is 0 Å². The zero-order valence-electron chi connectivity index (χ0n) is 22.0. The number of nitrogens with zero attached hydrogens (tertiary/aromatic N) is 1. The topological polar surface area (TPSA) is 90.5 Å². The number of rotatable bonds is 15. The zero-order valence-corrected chi connectivity index (χ0v) is 22.0. The van der Waals surface area contributed by atoms with Crippen molar-refractivity contribution in [2.24, 2.45) is 5.92 Å². The van der Waals surface area contributed by atoms with Crippen LogP contribution >= 0.6 is 0 Å². The molecule has 3 N–H and O–H groups in total. The normalized spacial score (nSPS) is 14.8. The largest absolute Gasteiger partial charge is 0.355 e. The Balaban J connectivity index is 1.70. The number of benzene rings is 1. The molecule has 2 rings (SSSR count). The van der Waals surface area contributed by atoms with Gasteiger partial charge < -0.3 is 20.9 Å². The fourth-order valence-electron chi connectivity index (χ4n) is 4.87. The first-order chi connectivity index (χ1) is 17.0. The summed E-state index contributed by atoms with van der Waals surface area (Å²) in [5.74, 6) is -0.234.